The first-order chi connectivity index (χ1) is 9.87. The lowest BCUT2D eigenvalue weighted by atomic mass is 9.57. The Labute approximate surface area is 123 Å². The van der Waals surface area contributed by atoms with E-state index < -0.39 is 23.8 Å². The number of aliphatic hydroxyl groups excluding tert-OH is 1. The van der Waals surface area contributed by atoms with Gasteiger partial charge in [-0.1, -0.05) is 13.8 Å². The van der Waals surface area contributed by atoms with E-state index in [-0.39, 0.29) is 29.6 Å². The zero-order valence-electron chi connectivity index (χ0n) is 12.6. The first kappa shape index (κ1) is 13.9. The fraction of sp³-hybridized carbons (Fsp3) is 0.933. The number of carbonyl (C=O) groups is 1. The highest BCUT2D eigenvalue weighted by Gasteiger charge is 2.71. The second-order valence-corrected chi connectivity index (χ2v) is 7.24. The van der Waals surface area contributed by atoms with E-state index in [9.17, 15) is 9.90 Å². The highest BCUT2D eigenvalue weighted by atomic mass is 17.3. The number of hydrogen-bond acceptors (Lipinski definition) is 6. The van der Waals surface area contributed by atoms with Crippen LogP contribution in [0.1, 0.15) is 40.0 Å². The van der Waals surface area contributed by atoms with Crippen LogP contribution in [-0.2, 0) is 24.0 Å². The fourth-order valence-electron chi connectivity index (χ4n) is 4.72. The molecule has 0 aromatic rings. The molecule has 4 saturated heterocycles. The molecular formula is C15H22O6. The Balaban J connectivity index is 1.85. The van der Waals surface area contributed by atoms with Gasteiger partial charge in [-0.3, -0.25) is 4.79 Å². The predicted octanol–water partition coefficient (Wildman–Crippen LogP) is 1.37. The summed E-state index contributed by atoms with van der Waals surface area (Å²) in [5.41, 5.74) is -0.790. The minimum Gasteiger partial charge on any atom is -0.432 e. The Morgan fingerprint density at radius 2 is 2.00 bits per heavy atom. The molecule has 0 unspecified atom stereocenters. The average Bonchev–Trinajstić information content (AvgIpc) is 2.66. The third-order valence-corrected chi connectivity index (χ3v) is 6.09. The summed E-state index contributed by atoms with van der Waals surface area (Å²) in [6.07, 6.45) is 0.812. The maximum atomic E-state index is 12.1. The second kappa shape index (κ2) is 4.19. The van der Waals surface area contributed by atoms with Gasteiger partial charge in [0.25, 0.3) is 0 Å². The topological polar surface area (TPSA) is 74.2 Å². The van der Waals surface area contributed by atoms with E-state index in [0.717, 1.165) is 6.42 Å². The molecule has 118 valence electrons. The number of esters is 1. The van der Waals surface area contributed by atoms with Gasteiger partial charge in [0.2, 0.25) is 12.1 Å². The summed E-state index contributed by atoms with van der Waals surface area (Å²) in [6, 6.07) is 0. The minimum absolute atomic E-state index is 0.0520. The highest BCUT2D eigenvalue weighted by molar-refractivity contribution is 5.74. The third kappa shape index (κ3) is 1.64. The largest absolute Gasteiger partial charge is 0.432 e. The number of fused-ring (bicyclic) bond motifs is 2. The van der Waals surface area contributed by atoms with Crippen LogP contribution in [0.25, 0.3) is 0 Å². The van der Waals surface area contributed by atoms with Gasteiger partial charge in [-0.25, -0.2) is 9.78 Å². The van der Waals surface area contributed by atoms with E-state index in [0.29, 0.717) is 12.8 Å². The predicted molar refractivity (Wildman–Crippen MR) is 69.4 cm³/mol. The molecule has 6 heteroatoms. The quantitative estimate of drug-likeness (QED) is 0.538. The first-order valence-electron chi connectivity index (χ1n) is 7.80. The number of carbonyl (C=O) groups excluding carboxylic acids is 1. The van der Waals surface area contributed by atoms with Crippen LogP contribution >= 0.6 is 0 Å². The summed E-state index contributed by atoms with van der Waals surface area (Å²) in [5.74, 6) is -1.54. The molecule has 5 fully saturated rings. The van der Waals surface area contributed by atoms with E-state index in [1.54, 1.807) is 6.92 Å². The third-order valence-electron chi connectivity index (χ3n) is 6.09. The van der Waals surface area contributed by atoms with Crippen molar-refractivity contribution in [1.82, 2.24) is 0 Å². The number of rotatable bonds is 0. The van der Waals surface area contributed by atoms with Crippen molar-refractivity contribution in [3.05, 3.63) is 0 Å². The molecular weight excluding hydrogens is 276 g/mol. The van der Waals surface area contributed by atoms with Crippen molar-refractivity contribution in [3.63, 3.8) is 0 Å². The van der Waals surface area contributed by atoms with Gasteiger partial charge in [-0.2, -0.15) is 0 Å². The van der Waals surface area contributed by atoms with Crippen LogP contribution in [0, 0.1) is 23.7 Å². The van der Waals surface area contributed by atoms with Gasteiger partial charge in [0.1, 0.15) is 0 Å². The van der Waals surface area contributed by atoms with Crippen LogP contribution in [0.15, 0.2) is 0 Å². The lowest BCUT2D eigenvalue weighted by Gasteiger charge is -2.58. The molecule has 4 heterocycles. The lowest BCUT2D eigenvalue weighted by molar-refractivity contribution is -0.560. The molecule has 1 aliphatic carbocycles. The first-order valence-corrected chi connectivity index (χ1v) is 7.80. The smallest absolute Gasteiger partial charge is 0.311 e. The maximum Gasteiger partial charge on any atom is 0.311 e. The van der Waals surface area contributed by atoms with E-state index >= 15 is 0 Å². The zero-order chi connectivity index (χ0) is 15.0. The summed E-state index contributed by atoms with van der Waals surface area (Å²) in [4.78, 5) is 23.6. The van der Waals surface area contributed by atoms with Crippen LogP contribution in [0.4, 0.5) is 0 Å². The summed E-state index contributed by atoms with van der Waals surface area (Å²) >= 11 is 0. The van der Waals surface area contributed by atoms with Crippen LogP contribution in [0.2, 0.25) is 0 Å². The molecule has 0 radical (unpaired) electrons. The normalized spacial score (nSPS) is 59.1. The fourth-order valence-corrected chi connectivity index (χ4v) is 4.72. The van der Waals surface area contributed by atoms with E-state index in [2.05, 4.69) is 0 Å². The van der Waals surface area contributed by atoms with Crippen molar-refractivity contribution < 1.29 is 29.1 Å². The number of ether oxygens (including phenoxy) is 2. The molecule has 0 aromatic carbocycles. The van der Waals surface area contributed by atoms with Crippen molar-refractivity contribution in [2.24, 2.45) is 23.7 Å². The van der Waals surface area contributed by atoms with Gasteiger partial charge in [0, 0.05) is 18.3 Å². The molecule has 0 aromatic heterocycles. The molecule has 0 amide bonds. The van der Waals surface area contributed by atoms with Crippen LogP contribution in [0.3, 0.4) is 0 Å². The molecule has 21 heavy (non-hydrogen) atoms. The Hall–Kier alpha value is -0.690. The van der Waals surface area contributed by atoms with Crippen LogP contribution in [-0.4, -0.2) is 34.9 Å². The second-order valence-electron chi connectivity index (χ2n) is 7.24. The SMILES string of the molecule is C[C@@H]1[C@@H](O)C[C@H]2[C@@H](C)C(=O)O[C@@H]3O[C@]4(C)CC[C@@H]1[C@]32OO4. The summed E-state index contributed by atoms with van der Waals surface area (Å²) < 4.78 is 11.5. The van der Waals surface area contributed by atoms with Gasteiger partial charge in [0.05, 0.1) is 12.0 Å². The summed E-state index contributed by atoms with van der Waals surface area (Å²) in [7, 11) is 0. The van der Waals surface area contributed by atoms with E-state index in [1.165, 1.54) is 0 Å². The van der Waals surface area contributed by atoms with E-state index in [4.69, 9.17) is 19.2 Å². The van der Waals surface area contributed by atoms with Gasteiger partial charge in [-0.05, 0) is 25.7 Å². The average molecular weight is 298 g/mol. The molecule has 6 nitrogen and oxygen atoms in total. The molecule has 4 aliphatic heterocycles. The maximum absolute atomic E-state index is 12.1. The molecule has 5 rings (SSSR count). The van der Waals surface area contributed by atoms with Crippen molar-refractivity contribution in [3.8, 4) is 0 Å². The monoisotopic (exact) mass is 298 g/mol. The van der Waals surface area contributed by atoms with Crippen LogP contribution in [0.5, 0.6) is 0 Å². The number of aliphatic hydroxyl groups is 1. The molecule has 8 atom stereocenters. The van der Waals surface area contributed by atoms with Gasteiger partial charge in [-0.15, -0.1) is 0 Å². The standard InChI is InChI=1S/C15H22O6/c1-7-9-4-5-14(3)19-13-15(9,21-20-14)10(6-11(7)16)8(2)12(17)18-13/h7-11,13,16H,4-6H2,1-3H3/t7-,8+,9-,10-,11-,13+,14-,15+/m0/s1. The Morgan fingerprint density at radius 1 is 1.24 bits per heavy atom. The Kier molecular flexibility index (Phi) is 2.78. The van der Waals surface area contributed by atoms with Gasteiger partial charge < -0.3 is 14.6 Å². The van der Waals surface area contributed by atoms with Crippen molar-refractivity contribution in [2.45, 2.75) is 63.8 Å². The highest BCUT2D eigenvalue weighted by Crippen LogP contribution is 2.59. The minimum atomic E-state index is -0.886. The molecule has 1 N–H and O–H groups in total. The molecule has 1 saturated carbocycles. The van der Waals surface area contributed by atoms with Crippen LogP contribution < -0.4 is 0 Å². The molecule has 2 bridgehead atoms. The van der Waals surface area contributed by atoms with E-state index in [1.807, 2.05) is 13.8 Å². The van der Waals surface area contributed by atoms with Crippen molar-refractivity contribution in [2.75, 3.05) is 0 Å². The molecule has 1 spiro atoms. The van der Waals surface area contributed by atoms with Crippen molar-refractivity contribution in [1.29, 1.82) is 0 Å². The Morgan fingerprint density at radius 3 is 2.76 bits per heavy atom. The van der Waals surface area contributed by atoms with Gasteiger partial charge >= 0.3 is 5.97 Å². The van der Waals surface area contributed by atoms with Crippen molar-refractivity contribution >= 4 is 5.97 Å². The van der Waals surface area contributed by atoms with Gasteiger partial charge in [0.15, 0.2) is 5.60 Å². The Bertz CT molecular complexity index is 477. The number of hydrogen-bond donors (Lipinski definition) is 1. The summed E-state index contributed by atoms with van der Waals surface area (Å²) in [5, 5.41) is 10.4. The molecule has 5 aliphatic rings. The lowest BCUT2D eigenvalue weighted by Crippen LogP contribution is -2.71. The zero-order valence-corrected chi connectivity index (χ0v) is 12.6. The summed E-state index contributed by atoms with van der Waals surface area (Å²) in [6.45, 7) is 5.67.